The Labute approximate surface area is 95.8 Å². The van der Waals surface area contributed by atoms with E-state index in [1.165, 1.54) is 38.5 Å². The van der Waals surface area contributed by atoms with E-state index in [1.54, 1.807) is 0 Å². The van der Waals surface area contributed by atoms with E-state index in [0.29, 0.717) is 0 Å². The highest BCUT2D eigenvalue weighted by atomic mass is 14.8. The lowest BCUT2D eigenvalue weighted by Crippen LogP contribution is -2.49. The van der Waals surface area contributed by atoms with Gasteiger partial charge in [0.05, 0.1) is 0 Å². The fourth-order valence-corrected chi connectivity index (χ4v) is 3.35. The Hall–Kier alpha value is -0.0400. The quantitative estimate of drug-likeness (QED) is 0.748. The van der Waals surface area contributed by atoms with Crippen molar-refractivity contribution in [2.75, 3.05) is 0 Å². The summed E-state index contributed by atoms with van der Waals surface area (Å²) in [5, 5.41) is 0. The SMILES string of the molecule is CCC(CC)C1(N)CCC(C(C)C)CC1. The third kappa shape index (κ3) is 2.96. The molecule has 1 aliphatic rings. The molecule has 15 heavy (non-hydrogen) atoms. The van der Waals surface area contributed by atoms with E-state index in [9.17, 15) is 0 Å². The highest BCUT2D eigenvalue weighted by Gasteiger charge is 2.37. The maximum atomic E-state index is 6.59. The highest BCUT2D eigenvalue weighted by Crippen LogP contribution is 2.40. The molecule has 1 rings (SSSR count). The molecule has 1 saturated carbocycles. The van der Waals surface area contributed by atoms with Gasteiger partial charge in [0, 0.05) is 5.54 Å². The van der Waals surface area contributed by atoms with Gasteiger partial charge in [-0.05, 0) is 43.4 Å². The molecule has 0 amide bonds. The molecule has 0 aliphatic heterocycles. The molecular weight excluding hydrogens is 182 g/mol. The zero-order chi connectivity index (χ0) is 11.5. The van der Waals surface area contributed by atoms with E-state index < -0.39 is 0 Å². The second kappa shape index (κ2) is 5.34. The summed E-state index contributed by atoms with van der Waals surface area (Å²) in [7, 11) is 0. The Balaban J connectivity index is 2.53. The molecular formula is C14H29N. The molecule has 0 aromatic rings. The zero-order valence-corrected chi connectivity index (χ0v) is 11.1. The number of rotatable bonds is 4. The summed E-state index contributed by atoms with van der Waals surface area (Å²) in [6, 6.07) is 0. The molecule has 90 valence electrons. The molecule has 1 nitrogen and oxygen atoms in total. The van der Waals surface area contributed by atoms with Crippen molar-refractivity contribution in [3.8, 4) is 0 Å². The Kier molecular flexibility index (Phi) is 4.64. The van der Waals surface area contributed by atoms with Gasteiger partial charge in [-0.2, -0.15) is 0 Å². The molecule has 0 saturated heterocycles. The second-order valence-corrected chi connectivity index (χ2v) is 5.83. The molecule has 0 spiro atoms. The maximum Gasteiger partial charge on any atom is 0.0182 e. The van der Waals surface area contributed by atoms with E-state index >= 15 is 0 Å². The predicted octanol–water partition coefficient (Wildman–Crippen LogP) is 3.97. The Morgan fingerprint density at radius 1 is 1.13 bits per heavy atom. The van der Waals surface area contributed by atoms with Gasteiger partial charge in [-0.25, -0.2) is 0 Å². The first-order valence-corrected chi connectivity index (χ1v) is 6.82. The topological polar surface area (TPSA) is 26.0 Å². The summed E-state index contributed by atoms with van der Waals surface area (Å²) in [6.07, 6.45) is 7.71. The van der Waals surface area contributed by atoms with Crippen LogP contribution < -0.4 is 5.73 Å². The average molecular weight is 211 g/mol. The van der Waals surface area contributed by atoms with Gasteiger partial charge < -0.3 is 5.73 Å². The van der Waals surface area contributed by atoms with Crippen molar-refractivity contribution in [3.63, 3.8) is 0 Å². The van der Waals surface area contributed by atoms with E-state index in [1.807, 2.05) is 0 Å². The molecule has 0 aromatic heterocycles. The second-order valence-electron chi connectivity index (χ2n) is 5.83. The number of hydrogen-bond donors (Lipinski definition) is 1. The Bertz CT molecular complexity index is 174. The molecule has 2 N–H and O–H groups in total. The lowest BCUT2D eigenvalue weighted by atomic mass is 9.67. The summed E-state index contributed by atoms with van der Waals surface area (Å²) in [4.78, 5) is 0. The molecule has 1 heteroatoms. The van der Waals surface area contributed by atoms with Crippen LogP contribution in [-0.2, 0) is 0 Å². The summed E-state index contributed by atoms with van der Waals surface area (Å²) >= 11 is 0. The molecule has 0 aromatic carbocycles. The lowest BCUT2D eigenvalue weighted by Gasteiger charge is -2.43. The summed E-state index contributed by atoms with van der Waals surface area (Å²) in [5.41, 5.74) is 6.75. The number of nitrogens with two attached hydrogens (primary N) is 1. The lowest BCUT2D eigenvalue weighted by molar-refractivity contribution is 0.134. The highest BCUT2D eigenvalue weighted by molar-refractivity contribution is 4.94. The smallest absolute Gasteiger partial charge is 0.0182 e. The third-order valence-corrected chi connectivity index (χ3v) is 4.70. The van der Waals surface area contributed by atoms with Crippen LogP contribution >= 0.6 is 0 Å². The van der Waals surface area contributed by atoms with Crippen LogP contribution in [0.5, 0.6) is 0 Å². The Morgan fingerprint density at radius 2 is 1.60 bits per heavy atom. The van der Waals surface area contributed by atoms with Gasteiger partial charge in [-0.3, -0.25) is 0 Å². The third-order valence-electron chi connectivity index (χ3n) is 4.70. The number of hydrogen-bond acceptors (Lipinski definition) is 1. The summed E-state index contributed by atoms with van der Waals surface area (Å²) in [5.74, 6) is 2.51. The van der Waals surface area contributed by atoms with Gasteiger partial charge in [0.1, 0.15) is 0 Å². The van der Waals surface area contributed by atoms with Crippen molar-refractivity contribution in [2.24, 2.45) is 23.5 Å². The van der Waals surface area contributed by atoms with Crippen molar-refractivity contribution < 1.29 is 0 Å². The van der Waals surface area contributed by atoms with Crippen LogP contribution in [0.15, 0.2) is 0 Å². The van der Waals surface area contributed by atoms with Crippen LogP contribution in [0, 0.1) is 17.8 Å². The molecule has 0 heterocycles. The standard InChI is InChI=1S/C14H29N/c1-5-13(6-2)14(15)9-7-12(8-10-14)11(3)4/h11-13H,5-10,15H2,1-4H3. The largest absolute Gasteiger partial charge is 0.325 e. The maximum absolute atomic E-state index is 6.59. The van der Waals surface area contributed by atoms with Crippen molar-refractivity contribution in [1.29, 1.82) is 0 Å². The average Bonchev–Trinajstić information content (AvgIpc) is 2.19. The molecule has 0 unspecified atom stereocenters. The van der Waals surface area contributed by atoms with Gasteiger partial charge >= 0.3 is 0 Å². The molecule has 1 fully saturated rings. The van der Waals surface area contributed by atoms with Crippen molar-refractivity contribution in [1.82, 2.24) is 0 Å². The zero-order valence-electron chi connectivity index (χ0n) is 11.1. The molecule has 0 atom stereocenters. The fourth-order valence-electron chi connectivity index (χ4n) is 3.35. The Morgan fingerprint density at radius 3 is 1.93 bits per heavy atom. The van der Waals surface area contributed by atoms with Gasteiger partial charge in [0.25, 0.3) is 0 Å². The van der Waals surface area contributed by atoms with Crippen LogP contribution in [0.4, 0.5) is 0 Å². The minimum atomic E-state index is 0.162. The summed E-state index contributed by atoms with van der Waals surface area (Å²) in [6.45, 7) is 9.28. The first kappa shape index (κ1) is 13.0. The van der Waals surface area contributed by atoms with E-state index in [0.717, 1.165) is 17.8 Å². The van der Waals surface area contributed by atoms with Crippen LogP contribution in [-0.4, -0.2) is 5.54 Å². The van der Waals surface area contributed by atoms with Gasteiger partial charge in [-0.1, -0.05) is 40.5 Å². The molecule has 0 radical (unpaired) electrons. The molecule has 0 bridgehead atoms. The predicted molar refractivity (Wildman–Crippen MR) is 67.8 cm³/mol. The van der Waals surface area contributed by atoms with E-state index in [-0.39, 0.29) is 5.54 Å². The van der Waals surface area contributed by atoms with Crippen LogP contribution in [0.1, 0.15) is 66.2 Å². The van der Waals surface area contributed by atoms with Crippen molar-refractivity contribution in [3.05, 3.63) is 0 Å². The fraction of sp³-hybridized carbons (Fsp3) is 1.00. The van der Waals surface area contributed by atoms with Crippen molar-refractivity contribution >= 4 is 0 Å². The van der Waals surface area contributed by atoms with Gasteiger partial charge in [-0.15, -0.1) is 0 Å². The van der Waals surface area contributed by atoms with E-state index in [4.69, 9.17) is 5.73 Å². The first-order chi connectivity index (χ1) is 7.03. The van der Waals surface area contributed by atoms with Crippen LogP contribution in [0.3, 0.4) is 0 Å². The van der Waals surface area contributed by atoms with Crippen molar-refractivity contribution in [2.45, 2.75) is 71.8 Å². The van der Waals surface area contributed by atoms with Gasteiger partial charge in [0.2, 0.25) is 0 Å². The summed E-state index contributed by atoms with van der Waals surface area (Å²) < 4.78 is 0. The molecule has 1 aliphatic carbocycles. The van der Waals surface area contributed by atoms with E-state index in [2.05, 4.69) is 27.7 Å². The minimum absolute atomic E-state index is 0.162. The monoisotopic (exact) mass is 211 g/mol. The van der Waals surface area contributed by atoms with Crippen LogP contribution in [0.2, 0.25) is 0 Å². The van der Waals surface area contributed by atoms with Crippen LogP contribution in [0.25, 0.3) is 0 Å². The first-order valence-electron chi connectivity index (χ1n) is 6.82. The normalized spacial score (nSPS) is 32.6. The van der Waals surface area contributed by atoms with Gasteiger partial charge in [0.15, 0.2) is 0 Å². The minimum Gasteiger partial charge on any atom is -0.325 e.